The second-order valence-corrected chi connectivity index (χ2v) is 7.94. The maximum Gasteiger partial charge on any atom is 0.292 e. The highest BCUT2D eigenvalue weighted by Gasteiger charge is 2.16. The van der Waals surface area contributed by atoms with Crippen LogP contribution in [0.3, 0.4) is 0 Å². The van der Waals surface area contributed by atoms with Crippen LogP contribution in [0.4, 0.5) is 5.82 Å². The minimum absolute atomic E-state index is 0.142. The molecule has 10 heteroatoms. The fraction of sp³-hybridized carbons (Fsp3) is 0.130. The molecule has 0 radical (unpaired) electrons. The number of hydrogen-bond donors (Lipinski definition) is 1. The van der Waals surface area contributed by atoms with Crippen molar-refractivity contribution in [1.29, 1.82) is 0 Å². The van der Waals surface area contributed by atoms with Crippen molar-refractivity contribution < 1.29 is 23.4 Å². The number of nitrogens with zero attached hydrogens (tertiary/aromatic N) is 2. The Labute approximate surface area is 198 Å². The summed E-state index contributed by atoms with van der Waals surface area (Å²) in [7, 11) is 0. The lowest BCUT2D eigenvalue weighted by Crippen LogP contribution is -2.12. The summed E-state index contributed by atoms with van der Waals surface area (Å²) in [5.41, 5.74) is 0.750. The lowest BCUT2D eigenvalue weighted by Gasteiger charge is -2.07. The molecule has 8 nitrogen and oxygen atoms in total. The molecule has 5 rings (SSSR count). The maximum atomic E-state index is 12.5. The third-order valence-corrected chi connectivity index (χ3v) is 5.58. The molecule has 1 aliphatic rings. The number of halogens is 2. The Morgan fingerprint density at radius 1 is 1.06 bits per heavy atom. The Morgan fingerprint density at radius 2 is 1.88 bits per heavy atom. The van der Waals surface area contributed by atoms with Crippen LogP contribution in [0.15, 0.2) is 65.2 Å². The second kappa shape index (κ2) is 9.09. The number of carbonyl (C=O) groups is 1. The third kappa shape index (κ3) is 4.76. The Balaban J connectivity index is 1.18. The van der Waals surface area contributed by atoms with Crippen molar-refractivity contribution in [3.05, 3.63) is 87.9 Å². The number of furan rings is 1. The molecule has 2 aromatic heterocycles. The SMILES string of the molecule is O=C(Nc1ccn(Cc2c(Cl)cccc2Cl)n1)c1ccc(COc2ccc3c(c2)OCO3)o1. The number of fused-ring (bicyclic) bond motifs is 1. The van der Waals surface area contributed by atoms with Crippen molar-refractivity contribution in [2.45, 2.75) is 13.2 Å². The predicted molar refractivity (Wildman–Crippen MR) is 121 cm³/mol. The molecule has 0 spiro atoms. The zero-order chi connectivity index (χ0) is 22.8. The third-order valence-electron chi connectivity index (χ3n) is 4.87. The summed E-state index contributed by atoms with van der Waals surface area (Å²) in [6.07, 6.45) is 1.72. The number of nitrogens with one attached hydrogen (secondary N) is 1. The first-order valence-corrected chi connectivity index (χ1v) is 10.7. The molecule has 33 heavy (non-hydrogen) atoms. The largest absolute Gasteiger partial charge is 0.486 e. The molecule has 0 bridgehead atoms. The molecule has 0 unspecified atom stereocenters. The summed E-state index contributed by atoms with van der Waals surface area (Å²) in [4.78, 5) is 12.5. The smallest absolute Gasteiger partial charge is 0.292 e. The van der Waals surface area contributed by atoms with Gasteiger partial charge in [-0.25, -0.2) is 0 Å². The molecule has 0 saturated heterocycles. The van der Waals surface area contributed by atoms with Crippen LogP contribution >= 0.6 is 23.2 Å². The predicted octanol–water partition coefficient (Wildman–Crippen LogP) is 5.39. The lowest BCUT2D eigenvalue weighted by molar-refractivity contribution is 0.0992. The molecule has 0 saturated carbocycles. The molecule has 1 N–H and O–H groups in total. The summed E-state index contributed by atoms with van der Waals surface area (Å²) in [5, 5.41) is 8.15. The van der Waals surface area contributed by atoms with E-state index in [9.17, 15) is 4.79 Å². The highest BCUT2D eigenvalue weighted by atomic mass is 35.5. The summed E-state index contributed by atoms with van der Waals surface area (Å²) >= 11 is 12.4. The standard InChI is InChI=1S/C23H17Cl2N3O5/c24-17-2-1-3-18(25)16(17)11-28-9-8-22(27-28)26-23(29)20-7-5-15(33-20)12-30-14-4-6-19-21(10-14)32-13-31-19/h1-10H,11-13H2,(H,26,27,29). The zero-order valence-electron chi connectivity index (χ0n) is 17.1. The molecule has 0 aliphatic carbocycles. The minimum atomic E-state index is -0.426. The van der Waals surface area contributed by atoms with Gasteiger partial charge in [0.2, 0.25) is 6.79 Å². The van der Waals surface area contributed by atoms with E-state index >= 15 is 0 Å². The highest BCUT2D eigenvalue weighted by Crippen LogP contribution is 2.35. The van der Waals surface area contributed by atoms with Crippen LogP contribution in [-0.4, -0.2) is 22.5 Å². The number of benzene rings is 2. The normalized spacial score (nSPS) is 12.1. The number of rotatable bonds is 7. The molecular formula is C23H17Cl2N3O5. The average Bonchev–Trinajstić information content (AvgIpc) is 3.55. The van der Waals surface area contributed by atoms with Crippen LogP contribution in [0.25, 0.3) is 0 Å². The number of ether oxygens (including phenoxy) is 3. The fourth-order valence-corrected chi connectivity index (χ4v) is 3.76. The Morgan fingerprint density at radius 3 is 2.73 bits per heavy atom. The van der Waals surface area contributed by atoms with Crippen LogP contribution in [0, 0.1) is 0 Å². The molecule has 2 aromatic carbocycles. The van der Waals surface area contributed by atoms with Gasteiger partial charge in [0.25, 0.3) is 5.91 Å². The second-order valence-electron chi connectivity index (χ2n) is 7.12. The zero-order valence-corrected chi connectivity index (χ0v) is 18.6. The van der Waals surface area contributed by atoms with E-state index in [-0.39, 0.29) is 19.2 Å². The van der Waals surface area contributed by atoms with Gasteiger partial charge in [-0.2, -0.15) is 5.10 Å². The number of hydrogen-bond acceptors (Lipinski definition) is 6. The molecule has 0 atom stereocenters. The van der Waals surface area contributed by atoms with E-state index in [4.69, 9.17) is 41.8 Å². The quantitative estimate of drug-likeness (QED) is 0.377. The van der Waals surface area contributed by atoms with Crippen molar-refractivity contribution in [3.63, 3.8) is 0 Å². The molecule has 3 heterocycles. The van der Waals surface area contributed by atoms with Crippen LogP contribution in [-0.2, 0) is 13.2 Å². The molecule has 4 aromatic rings. The molecule has 168 valence electrons. The van der Waals surface area contributed by atoms with E-state index in [0.29, 0.717) is 45.4 Å². The van der Waals surface area contributed by atoms with Gasteiger partial charge in [-0.1, -0.05) is 29.3 Å². The van der Waals surface area contributed by atoms with Gasteiger partial charge < -0.3 is 23.9 Å². The first kappa shape index (κ1) is 21.2. The summed E-state index contributed by atoms with van der Waals surface area (Å²) in [6, 6.07) is 15.5. The van der Waals surface area contributed by atoms with Crippen molar-refractivity contribution in [3.8, 4) is 17.2 Å². The van der Waals surface area contributed by atoms with Crippen LogP contribution in [0.2, 0.25) is 10.0 Å². The van der Waals surface area contributed by atoms with Gasteiger partial charge in [0.1, 0.15) is 18.1 Å². The van der Waals surface area contributed by atoms with Crippen LogP contribution < -0.4 is 19.5 Å². The number of carbonyl (C=O) groups excluding carboxylic acids is 1. The number of amides is 1. The first-order chi connectivity index (χ1) is 16.0. The van der Waals surface area contributed by atoms with Gasteiger partial charge in [-0.3, -0.25) is 9.48 Å². The molecule has 1 amide bonds. The van der Waals surface area contributed by atoms with Crippen LogP contribution in [0.5, 0.6) is 17.2 Å². The topological polar surface area (TPSA) is 87.8 Å². The monoisotopic (exact) mass is 485 g/mol. The van der Waals surface area contributed by atoms with Crippen LogP contribution in [0.1, 0.15) is 21.9 Å². The summed E-state index contributed by atoms with van der Waals surface area (Å²) in [5.74, 6) is 2.49. The van der Waals surface area contributed by atoms with E-state index < -0.39 is 5.91 Å². The van der Waals surface area contributed by atoms with E-state index in [2.05, 4.69) is 10.4 Å². The summed E-state index contributed by atoms with van der Waals surface area (Å²) in [6.45, 7) is 0.720. The van der Waals surface area contributed by atoms with E-state index in [1.54, 1.807) is 65.5 Å². The van der Waals surface area contributed by atoms with E-state index in [1.807, 2.05) is 0 Å². The van der Waals surface area contributed by atoms with Gasteiger partial charge >= 0.3 is 0 Å². The summed E-state index contributed by atoms with van der Waals surface area (Å²) < 4.78 is 23.6. The van der Waals surface area contributed by atoms with E-state index in [0.717, 1.165) is 5.56 Å². The minimum Gasteiger partial charge on any atom is -0.486 e. The van der Waals surface area contributed by atoms with Crippen molar-refractivity contribution in [2.75, 3.05) is 12.1 Å². The van der Waals surface area contributed by atoms with Gasteiger partial charge in [-0.15, -0.1) is 0 Å². The first-order valence-electron chi connectivity index (χ1n) is 9.94. The van der Waals surface area contributed by atoms with Crippen molar-refractivity contribution in [1.82, 2.24) is 9.78 Å². The fourth-order valence-electron chi connectivity index (χ4n) is 3.24. The van der Waals surface area contributed by atoms with Gasteiger partial charge in [-0.05, 0) is 36.4 Å². The highest BCUT2D eigenvalue weighted by molar-refractivity contribution is 6.35. The number of anilines is 1. The van der Waals surface area contributed by atoms with Gasteiger partial charge in [0.15, 0.2) is 23.1 Å². The van der Waals surface area contributed by atoms with Crippen molar-refractivity contribution >= 4 is 34.9 Å². The van der Waals surface area contributed by atoms with E-state index in [1.165, 1.54) is 0 Å². The molecule has 0 fully saturated rings. The molecular weight excluding hydrogens is 469 g/mol. The molecule has 1 aliphatic heterocycles. The Hall–Kier alpha value is -3.62. The Bertz CT molecular complexity index is 1300. The van der Waals surface area contributed by atoms with Gasteiger partial charge in [0.05, 0.1) is 6.54 Å². The average molecular weight is 486 g/mol. The van der Waals surface area contributed by atoms with Crippen molar-refractivity contribution in [2.24, 2.45) is 0 Å². The number of aromatic nitrogens is 2. The van der Waals surface area contributed by atoms with Gasteiger partial charge in [0, 0.05) is 33.9 Å². The maximum absolute atomic E-state index is 12.5. The Kier molecular flexibility index (Phi) is 5.85. The lowest BCUT2D eigenvalue weighted by atomic mass is 10.2.